The largest absolute Gasteiger partial charge is 0.317 e. The van der Waals surface area contributed by atoms with E-state index in [-0.39, 0.29) is 0 Å². The topological polar surface area (TPSA) is 42.7 Å². The van der Waals surface area contributed by atoms with E-state index in [0.717, 1.165) is 25.2 Å². The van der Waals surface area contributed by atoms with E-state index in [1.807, 2.05) is 23.1 Å². The molecule has 0 bridgehead atoms. The fraction of sp³-hybridized carbons (Fsp3) is 0.600. The molecule has 0 fully saturated rings. The predicted molar refractivity (Wildman–Crippen MR) is 84.1 cm³/mol. The average Bonchev–Trinajstić information content (AvgIpc) is 3.10. The van der Waals surface area contributed by atoms with Crippen LogP contribution < -0.4 is 5.32 Å². The van der Waals surface area contributed by atoms with Crippen molar-refractivity contribution in [2.45, 2.75) is 51.6 Å². The molecule has 5 heteroatoms. The molecule has 4 nitrogen and oxygen atoms in total. The molecule has 0 saturated heterocycles. The summed E-state index contributed by atoms with van der Waals surface area (Å²) < 4.78 is 2.03. The van der Waals surface area contributed by atoms with Crippen LogP contribution in [0.4, 0.5) is 0 Å². The normalized spacial score (nSPS) is 12.7. The van der Waals surface area contributed by atoms with E-state index in [0.29, 0.717) is 6.04 Å². The Morgan fingerprint density at radius 1 is 1.45 bits per heavy atom. The highest BCUT2D eigenvalue weighted by Crippen LogP contribution is 2.14. The Kier molecular flexibility index (Phi) is 6.21. The van der Waals surface area contributed by atoms with Crippen molar-refractivity contribution in [3.63, 3.8) is 0 Å². The first-order valence-corrected chi connectivity index (χ1v) is 8.27. The Balaban J connectivity index is 1.80. The molecular weight excluding hydrogens is 268 g/mol. The van der Waals surface area contributed by atoms with Crippen molar-refractivity contribution < 1.29 is 0 Å². The van der Waals surface area contributed by atoms with Gasteiger partial charge in [-0.1, -0.05) is 13.0 Å². The maximum Gasteiger partial charge on any atom is 0.138 e. The summed E-state index contributed by atoms with van der Waals surface area (Å²) >= 11 is 1.85. The molecule has 20 heavy (non-hydrogen) atoms. The van der Waals surface area contributed by atoms with Crippen LogP contribution in [0.2, 0.25) is 0 Å². The van der Waals surface area contributed by atoms with Crippen molar-refractivity contribution in [1.29, 1.82) is 0 Å². The molecular formula is C15H24N4S. The van der Waals surface area contributed by atoms with E-state index >= 15 is 0 Å². The lowest BCUT2D eigenvalue weighted by molar-refractivity contribution is 0.470. The zero-order valence-electron chi connectivity index (χ0n) is 12.4. The van der Waals surface area contributed by atoms with Gasteiger partial charge in [-0.25, -0.2) is 4.98 Å². The molecule has 2 heterocycles. The van der Waals surface area contributed by atoms with Crippen LogP contribution in [0, 0.1) is 0 Å². The zero-order chi connectivity index (χ0) is 14.2. The highest BCUT2D eigenvalue weighted by Gasteiger charge is 2.12. The molecule has 0 saturated carbocycles. The lowest BCUT2D eigenvalue weighted by atomic mass is 10.1. The van der Waals surface area contributed by atoms with Gasteiger partial charge in [-0.2, -0.15) is 5.10 Å². The Bertz CT molecular complexity index is 478. The molecule has 1 N–H and O–H groups in total. The molecule has 2 aromatic rings. The third-order valence-corrected chi connectivity index (χ3v) is 4.46. The fourth-order valence-electron chi connectivity index (χ4n) is 2.39. The number of hydrogen-bond donors (Lipinski definition) is 1. The molecule has 110 valence electrons. The van der Waals surface area contributed by atoms with E-state index in [4.69, 9.17) is 0 Å². The van der Waals surface area contributed by atoms with Gasteiger partial charge in [-0.3, -0.25) is 4.68 Å². The molecule has 0 aromatic carbocycles. The van der Waals surface area contributed by atoms with Crippen molar-refractivity contribution >= 4 is 11.3 Å². The maximum absolute atomic E-state index is 4.39. The van der Waals surface area contributed by atoms with Gasteiger partial charge in [0.1, 0.15) is 12.2 Å². The molecule has 2 aromatic heterocycles. The van der Waals surface area contributed by atoms with Crippen LogP contribution in [0.1, 0.15) is 36.9 Å². The number of likely N-dealkylation sites (N-methyl/N-ethyl adjacent to an activating group) is 1. The van der Waals surface area contributed by atoms with Crippen LogP contribution in [0.5, 0.6) is 0 Å². The second kappa shape index (κ2) is 8.17. The highest BCUT2D eigenvalue weighted by atomic mass is 32.1. The van der Waals surface area contributed by atoms with E-state index in [9.17, 15) is 0 Å². The lowest BCUT2D eigenvalue weighted by Crippen LogP contribution is -2.29. The first-order chi connectivity index (χ1) is 9.83. The molecule has 1 atom stereocenters. The minimum atomic E-state index is 0.481. The van der Waals surface area contributed by atoms with Gasteiger partial charge in [0.2, 0.25) is 0 Å². The van der Waals surface area contributed by atoms with Gasteiger partial charge >= 0.3 is 0 Å². The number of nitrogens with one attached hydrogen (secondary N) is 1. The Hall–Kier alpha value is -1.20. The molecule has 0 radical (unpaired) electrons. The Labute approximate surface area is 125 Å². The van der Waals surface area contributed by atoms with E-state index in [1.54, 1.807) is 6.33 Å². The minimum Gasteiger partial charge on any atom is -0.317 e. The van der Waals surface area contributed by atoms with Crippen molar-refractivity contribution in [3.05, 3.63) is 34.5 Å². The lowest BCUT2D eigenvalue weighted by Gasteiger charge is -2.15. The second-order valence-corrected chi connectivity index (χ2v) is 6.09. The summed E-state index contributed by atoms with van der Waals surface area (Å²) in [4.78, 5) is 5.88. The predicted octanol–water partition coefficient (Wildman–Crippen LogP) is 2.90. The van der Waals surface area contributed by atoms with Crippen molar-refractivity contribution in [2.75, 3.05) is 7.05 Å². The van der Waals surface area contributed by atoms with Crippen LogP contribution in [0.3, 0.4) is 0 Å². The smallest absolute Gasteiger partial charge is 0.138 e. The monoisotopic (exact) mass is 292 g/mol. The first kappa shape index (κ1) is 15.2. The summed E-state index contributed by atoms with van der Waals surface area (Å²) in [6, 6.07) is 4.83. The Morgan fingerprint density at radius 2 is 2.35 bits per heavy atom. The Morgan fingerprint density at radius 3 is 3.05 bits per heavy atom. The van der Waals surface area contributed by atoms with Crippen LogP contribution in [0.15, 0.2) is 23.8 Å². The standard InChI is InChI=1S/C15H24N4S/c1-3-9-19-15(17-12-18-19)11-13(16-2)6-4-7-14-8-5-10-20-14/h5,8,10,12-13,16H,3-4,6-7,9,11H2,1-2H3. The van der Waals surface area contributed by atoms with E-state index in [2.05, 4.69) is 39.8 Å². The van der Waals surface area contributed by atoms with Gasteiger partial charge < -0.3 is 5.32 Å². The van der Waals surface area contributed by atoms with Gasteiger partial charge in [0, 0.05) is 23.9 Å². The van der Waals surface area contributed by atoms with Crippen LogP contribution in [-0.2, 0) is 19.4 Å². The second-order valence-electron chi connectivity index (χ2n) is 5.06. The third-order valence-electron chi connectivity index (χ3n) is 3.52. The average molecular weight is 292 g/mol. The summed E-state index contributed by atoms with van der Waals surface area (Å²) in [6.07, 6.45) is 7.29. The van der Waals surface area contributed by atoms with E-state index < -0.39 is 0 Å². The van der Waals surface area contributed by atoms with E-state index in [1.165, 1.54) is 24.1 Å². The molecule has 1 unspecified atom stereocenters. The summed E-state index contributed by atoms with van der Waals surface area (Å²) in [5.74, 6) is 1.10. The summed E-state index contributed by atoms with van der Waals surface area (Å²) in [5.41, 5.74) is 0. The van der Waals surface area contributed by atoms with Crippen LogP contribution >= 0.6 is 11.3 Å². The fourth-order valence-corrected chi connectivity index (χ4v) is 3.14. The SMILES string of the molecule is CCCn1ncnc1CC(CCCc1cccs1)NC. The number of rotatable bonds is 9. The number of thiophene rings is 1. The quantitative estimate of drug-likeness (QED) is 0.773. The number of hydrogen-bond acceptors (Lipinski definition) is 4. The molecule has 0 aliphatic carbocycles. The van der Waals surface area contributed by atoms with Crippen molar-refractivity contribution in [3.8, 4) is 0 Å². The number of nitrogens with zero attached hydrogens (tertiary/aromatic N) is 3. The summed E-state index contributed by atoms with van der Waals surface area (Å²) in [6.45, 7) is 3.13. The number of aryl methyl sites for hydroxylation is 2. The van der Waals surface area contributed by atoms with Crippen LogP contribution in [0.25, 0.3) is 0 Å². The van der Waals surface area contributed by atoms with Crippen molar-refractivity contribution in [2.24, 2.45) is 0 Å². The number of aromatic nitrogens is 3. The van der Waals surface area contributed by atoms with Gasteiger partial charge in [0.05, 0.1) is 0 Å². The molecule has 2 rings (SSSR count). The van der Waals surface area contributed by atoms with Gasteiger partial charge in [0.25, 0.3) is 0 Å². The van der Waals surface area contributed by atoms with Gasteiger partial charge in [-0.15, -0.1) is 11.3 Å². The summed E-state index contributed by atoms with van der Waals surface area (Å²) in [7, 11) is 2.04. The molecule has 0 amide bonds. The van der Waals surface area contributed by atoms with Gasteiger partial charge in [0.15, 0.2) is 0 Å². The van der Waals surface area contributed by atoms with Crippen molar-refractivity contribution in [1.82, 2.24) is 20.1 Å². The zero-order valence-corrected chi connectivity index (χ0v) is 13.2. The maximum atomic E-state index is 4.39. The first-order valence-electron chi connectivity index (χ1n) is 7.39. The third kappa shape index (κ3) is 4.42. The minimum absolute atomic E-state index is 0.481. The molecule has 0 aliphatic heterocycles. The summed E-state index contributed by atoms with van der Waals surface area (Å²) in [5, 5.41) is 9.86. The van der Waals surface area contributed by atoms with Crippen LogP contribution in [-0.4, -0.2) is 27.9 Å². The highest BCUT2D eigenvalue weighted by molar-refractivity contribution is 7.09. The molecule has 0 spiro atoms. The van der Waals surface area contributed by atoms with Gasteiger partial charge in [-0.05, 0) is 44.2 Å². The molecule has 0 aliphatic rings.